The molecule has 1 aliphatic rings. The minimum absolute atomic E-state index is 0.794. The molecule has 0 spiro atoms. The van der Waals surface area contributed by atoms with Gasteiger partial charge in [-0.05, 0) is 52.6 Å². The first-order chi connectivity index (χ1) is 8.22. The molecule has 1 nitrogen and oxygen atoms in total. The van der Waals surface area contributed by atoms with E-state index < -0.39 is 0 Å². The van der Waals surface area contributed by atoms with Gasteiger partial charge in [-0.15, -0.1) is 11.3 Å². The van der Waals surface area contributed by atoms with Gasteiger partial charge in [-0.1, -0.05) is 23.2 Å². The Kier molecular flexibility index (Phi) is 3.37. The zero-order chi connectivity index (χ0) is 11.8. The Morgan fingerprint density at radius 1 is 1.29 bits per heavy atom. The van der Waals surface area contributed by atoms with Gasteiger partial charge < -0.3 is 0 Å². The maximum absolute atomic E-state index is 6.04. The predicted molar refractivity (Wildman–Crippen MR) is 78.8 cm³/mol. The first kappa shape index (κ1) is 11.9. The number of nitrogens with zero attached hydrogens (tertiary/aromatic N) is 1. The molecule has 0 radical (unpaired) electrons. The van der Waals surface area contributed by atoms with Gasteiger partial charge >= 0.3 is 0 Å². The fourth-order valence-electron chi connectivity index (χ4n) is 1.83. The van der Waals surface area contributed by atoms with Crippen molar-refractivity contribution in [3.63, 3.8) is 0 Å². The summed E-state index contributed by atoms with van der Waals surface area (Å²) < 4.78 is 4.39. The van der Waals surface area contributed by atoms with E-state index in [0.717, 1.165) is 22.5 Å². The number of benzene rings is 1. The van der Waals surface area contributed by atoms with Gasteiger partial charge in [0.25, 0.3) is 0 Å². The Bertz CT molecular complexity index is 591. The average Bonchev–Trinajstić information content (AvgIpc) is 2.87. The quantitative estimate of drug-likeness (QED) is 0.710. The van der Waals surface area contributed by atoms with Crippen molar-refractivity contribution in [2.75, 3.05) is 6.54 Å². The van der Waals surface area contributed by atoms with E-state index in [1.54, 1.807) is 23.3 Å². The lowest BCUT2D eigenvalue weighted by Gasteiger charge is -2.12. The molecule has 17 heavy (non-hydrogen) atoms. The summed E-state index contributed by atoms with van der Waals surface area (Å²) in [5.41, 5.74) is 1.32. The summed E-state index contributed by atoms with van der Waals surface area (Å²) in [6.07, 6.45) is 2.04. The van der Waals surface area contributed by atoms with E-state index in [9.17, 15) is 0 Å². The highest BCUT2D eigenvalue weighted by Gasteiger charge is 2.15. The van der Waals surface area contributed by atoms with Crippen LogP contribution in [0.3, 0.4) is 0 Å². The molecule has 0 bridgehead atoms. The molecule has 0 atom stereocenters. The van der Waals surface area contributed by atoms with E-state index in [4.69, 9.17) is 23.2 Å². The zero-order valence-corrected chi connectivity index (χ0v) is 12.0. The molecule has 1 aromatic heterocycles. The lowest BCUT2D eigenvalue weighted by atomic mass is 10.2. The average molecular weight is 302 g/mol. The third-order valence-corrected chi connectivity index (χ3v) is 5.12. The molecule has 1 aromatic carbocycles. The highest BCUT2D eigenvalue weighted by Crippen LogP contribution is 2.35. The van der Waals surface area contributed by atoms with Crippen LogP contribution in [-0.2, 0) is 6.54 Å². The molecule has 0 saturated carbocycles. The van der Waals surface area contributed by atoms with Crippen LogP contribution in [0, 0.1) is 0 Å². The van der Waals surface area contributed by atoms with E-state index in [-0.39, 0.29) is 0 Å². The van der Waals surface area contributed by atoms with E-state index in [2.05, 4.69) is 15.8 Å². The van der Waals surface area contributed by atoms with Crippen molar-refractivity contribution in [1.29, 1.82) is 0 Å². The minimum atomic E-state index is 0.794. The molecule has 2 aromatic rings. The van der Waals surface area contributed by atoms with E-state index >= 15 is 0 Å². The molecule has 0 unspecified atom stereocenters. The fraction of sp³-hybridized carbons (Fsp3) is 0.167. The predicted octanol–water partition coefficient (Wildman–Crippen LogP) is 5.10. The van der Waals surface area contributed by atoms with Crippen LogP contribution in [0.25, 0.3) is 10.1 Å². The zero-order valence-electron chi connectivity index (χ0n) is 8.82. The number of fused-ring (bicyclic) bond motifs is 1. The Hall–Kier alpha value is -0.190. The first-order valence-electron chi connectivity index (χ1n) is 5.16. The van der Waals surface area contributed by atoms with Crippen LogP contribution in [0.4, 0.5) is 0 Å². The van der Waals surface area contributed by atoms with Crippen LogP contribution < -0.4 is 0 Å². The lowest BCUT2D eigenvalue weighted by molar-refractivity contribution is 0.530. The SMILES string of the molecule is ClC1=CCN(Cc2csc3ccc(Cl)cc23)S1. The Labute approximate surface area is 118 Å². The Morgan fingerprint density at radius 3 is 2.94 bits per heavy atom. The number of thiophene rings is 1. The van der Waals surface area contributed by atoms with Crippen LogP contribution in [-0.4, -0.2) is 10.8 Å². The fourth-order valence-corrected chi connectivity index (χ4v) is 4.05. The highest BCUT2D eigenvalue weighted by molar-refractivity contribution is 8.02. The molecule has 3 rings (SSSR count). The smallest absolute Gasteiger partial charge is 0.0862 e. The molecule has 0 saturated heterocycles. The van der Waals surface area contributed by atoms with Crippen molar-refractivity contribution < 1.29 is 0 Å². The van der Waals surface area contributed by atoms with E-state index in [1.807, 2.05) is 18.2 Å². The molecule has 0 amide bonds. The van der Waals surface area contributed by atoms with Crippen LogP contribution in [0.1, 0.15) is 5.56 Å². The normalized spacial score (nSPS) is 16.7. The topological polar surface area (TPSA) is 3.24 Å². The van der Waals surface area contributed by atoms with Crippen molar-refractivity contribution in [3.05, 3.63) is 44.6 Å². The van der Waals surface area contributed by atoms with Gasteiger partial charge in [0, 0.05) is 22.8 Å². The summed E-state index contributed by atoms with van der Waals surface area (Å²) in [6.45, 7) is 1.80. The number of hydrogen-bond donors (Lipinski definition) is 0. The van der Waals surface area contributed by atoms with Gasteiger partial charge in [0.1, 0.15) is 0 Å². The Morgan fingerprint density at radius 2 is 2.18 bits per heavy atom. The molecule has 88 valence electrons. The summed E-state index contributed by atoms with van der Waals surface area (Å²) in [7, 11) is 0. The second-order valence-corrected chi connectivity index (χ2v) is 6.94. The highest BCUT2D eigenvalue weighted by atomic mass is 35.5. The molecule has 2 heterocycles. The monoisotopic (exact) mass is 301 g/mol. The summed E-state index contributed by atoms with van der Waals surface area (Å²) in [5, 5.41) is 4.25. The van der Waals surface area contributed by atoms with Gasteiger partial charge in [0.05, 0.1) is 4.36 Å². The molecular formula is C12H9Cl2NS2. The standard InChI is InChI=1S/C12H9Cl2NS2/c13-9-1-2-11-10(5-9)8(7-16-11)6-15-4-3-12(14)17-15/h1-3,5,7H,4,6H2. The summed E-state index contributed by atoms with van der Waals surface area (Å²) in [4.78, 5) is 0. The summed E-state index contributed by atoms with van der Waals surface area (Å²) in [6, 6.07) is 6.06. The summed E-state index contributed by atoms with van der Waals surface area (Å²) >= 11 is 15.4. The maximum Gasteiger partial charge on any atom is 0.0862 e. The van der Waals surface area contributed by atoms with E-state index in [1.165, 1.54) is 15.6 Å². The molecule has 1 aliphatic heterocycles. The van der Waals surface area contributed by atoms with Gasteiger partial charge in [-0.2, -0.15) is 0 Å². The molecule has 5 heteroatoms. The number of rotatable bonds is 2. The third-order valence-electron chi connectivity index (χ3n) is 2.63. The van der Waals surface area contributed by atoms with Gasteiger partial charge in [0.2, 0.25) is 0 Å². The van der Waals surface area contributed by atoms with Crippen LogP contribution >= 0.6 is 46.5 Å². The van der Waals surface area contributed by atoms with E-state index in [0.29, 0.717) is 0 Å². The minimum Gasteiger partial charge on any atom is -0.237 e. The second kappa shape index (κ2) is 4.82. The Balaban J connectivity index is 1.88. The van der Waals surface area contributed by atoms with Crippen molar-refractivity contribution in [3.8, 4) is 0 Å². The van der Waals surface area contributed by atoms with Crippen molar-refractivity contribution >= 4 is 56.6 Å². The van der Waals surface area contributed by atoms with Crippen molar-refractivity contribution in [1.82, 2.24) is 4.31 Å². The first-order valence-corrected chi connectivity index (χ1v) is 7.57. The number of hydrogen-bond acceptors (Lipinski definition) is 3. The largest absolute Gasteiger partial charge is 0.237 e. The molecule has 0 aliphatic carbocycles. The van der Waals surface area contributed by atoms with Crippen molar-refractivity contribution in [2.24, 2.45) is 0 Å². The van der Waals surface area contributed by atoms with Gasteiger partial charge in [0.15, 0.2) is 0 Å². The van der Waals surface area contributed by atoms with Crippen LogP contribution in [0.2, 0.25) is 5.02 Å². The maximum atomic E-state index is 6.04. The molecule has 0 N–H and O–H groups in total. The molecule has 0 fully saturated rings. The van der Waals surface area contributed by atoms with Crippen LogP contribution in [0.5, 0.6) is 0 Å². The lowest BCUT2D eigenvalue weighted by Crippen LogP contribution is -2.10. The van der Waals surface area contributed by atoms with Crippen molar-refractivity contribution in [2.45, 2.75) is 6.54 Å². The molecular weight excluding hydrogens is 293 g/mol. The second-order valence-electron chi connectivity index (χ2n) is 3.82. The third kappa shape index (κ3) is 2.49. The van der Waals surface area contributed by atoms with Gasteiger partial charge in [-0.3, -0.25) is 0 Å². The van der Waals surface area contributed by atoms with Gasteiger partial charge in [-0.25, -0.2) is 4.31 Å². The number of halogens is 2. The van der Waals surface area contributed by atoms with Crippen LogP contribution in [0.15, 0.2) is 34.0 Å². The summed E-state index contributed by atoms with van der Waals surface area (Å²) in [5.74, 6) is 0.